The first-order valence-corrected chi connectivity index (χ1v) is 19.8. The van der Waals surface area contributed by atoms with Crippen molar-refractivity contribution in [1.29, 1.82) is 0 Å². The molecule has 0 aliphatic heterocycles. The lowest BCUT2D eigenvalue weighted by Gasteiger charge is -2.28. The highest BCUT2D eigenvalue weighted by atomic mass is 16.3. The van der Waals surface area contributed by atoms with E-state index in [1.54, 1.807) is 0 Å². The van der Waals surface area contributed by atoms with Gasteiger partial charge in [-0.2, -0.15) is 0 Å². The number of rotatable bonds is 6. The largest absolute Gasteiger partial charge is 0.453 e. The van der Waals surface area contributed by atoms with Gasteiger partial charge in [-0.3, -0.25) is 0 Å². The first-order chi connectivity index (χ1) is 28.0. The Hall–Kier alpha value is -7.16. The predicted octanol–water partition coefficient (Wildman–Crippen LogP) is 15.5. The maximum atomic E-state index is 7.20. The Morgan fingerprint density at radius 3 is 1.74 bits per heavy atom. The number of para-hydroxylation sites is 1. The second-order valence-electron chi connectivity index (χ2n) is 15.7. The average molecular weight is 730 g/mol. The Morgan fingerprint density at radius 2 is 1.00 bits per heavy atom. The summed E-state index contributed by atoms with van der Waals surface area (Å²) < 4.78 is 7.20. The van der Waals surface area contributed by atoms with Gasteiger partial charge in [0.15, 0.2) is 5.58 Å². The summed E-state index contributed by atoms with van der Waals surface area (Å²) in [5.41, 5.74) is 17.1. The molecule has 0 saturated carbocycles. The molecular weight excluding hydrogens is 691 g/mol. The fourth-order valence-electron chi connectivity index (χ4n) is 9.28. The van der Waals surface area contributed by atoms with Gasteiger partial charge < -0.3 is 9.32 Å². The van der Waals surface area contributed by atoms with Crippen LogP contribution in [0.1, 0.15) is 25.0 Å². The molecule has 2 heteroatoms. The number of nitrogens with zero attached hydrogens (tertiary/aromatic N) is 1. The van der Waals surface area contributed by atoms with Crippen LogP contribution in [0, 0.1) is 0 Å². The van der Waals surface area contributed by atoms with Gasteiger partial charge in [0.25, 0.3) is 0 Å². The molecule has 2 nitrogen and oxygen atoms in total. The predicted molar refractivity (Wildman–Crippen MR) is 240 cm³/mol. The molecule has 1 aliphatic carbocycles. The highest BCUT2D eigenvalue weighted by Crippen LogP contribution is 2.54. The Balaban J connectivity index is 1.16. The van der Waals surface area contributed by atoms with Crippen molar-refractivity contribution in [3.63, 3.8) is 0 Å². The molecule has 11 rings (SSSR count). The molecule has 0 atom stereocenters. The maximum absolute atomic E-state index is 7.20. The number of hydrogen-bond acceptors (Lipinski definition) is 2. The summed E-state index contributed by atoms with van der Waals surface area (Å²) in [6.07, 6.45) is 0. The number of hydrogen-bond donors (Lipinski definition) is 0. The smallest absolute Gasteiger partial charge is 0.159 e. The van der Waals surface area contributed by atoms with E-state index in [0.29, 0.717) is 0 Å². The minimum atomic E-state index is -0.205. The van der Waals surface area contributed by atoms with Crippen LogP contribution in [0.4, 0.5) is 17.1 Å². The topological polar surface area (TPSA) is 16.4 Å². The van der Waals surface area contributed by atoms with E-state index in [4.69, 9.17) is 4.42 Å². The van der Waals surface area contributed by atoms with Gasteiger partial charge in [-0.1, -0.05) is 178 Å². The van der Waals surface area contributed by atoms with Crippen molar-refractivity contribution in [2.75, 3.05) is 4.90 Å². The van der Waals surface area contributed by atoms with Crippen LogP contribution in [0.5, 0.6) is 0 Å². The summed E-state index contributed by atoms with van der Waals surface area (Å²) in [6.45, 7) is 4.73. The molecule has 1 aromatic heterocycles. The zero-order valence-electron chi connectivity index (χ0n) is 31.9. The number of anilines is 3. The van der Waals surface area contributed by atoms with E-state index in [1.165, 1.54) is 55.3 Å². The lowest BCUT2D eigenvalue weighted by Crippen LogP contribution is -2.16. The monoisotopic (exact) mass is 729 g/mol. The minimum absolute atomic E-state index is 0.205. The molecule has 0 N–H and O–H groups in total. The van der Waals surface area contributed by atoms with Crippen LogP contribution >= 0.6 is 0 Å². The SMILES string of the molecule is CC1(C)c2cc(N(c3ccc(-c4ccccc4)cc3)c3cccc4c3oc3c(-c5ccccc5)cc5ccccc5c34)ccc2-c2c(-c3ccccc3)cccc21. The molecule has 9 aromatic carbocycles. The van der Waals surface area contributed by atoms with Gasteiger partial charge in [0.1, 0.15) is 5.58 Å². The summed E-state index contributed by atoms with van der Waals surface area (Å²) >= 11 is 0. The van der Waals surface area contributed by atoms with Crippen LogP contribution < -0.4 is 4.90 Å². The van der Waals surface area contributed by atoms with E-state index >= 15 is 0 Å². The van der Waals surface area contributed by atoms with Gasteiger partial charge in [0, 0.05) is 33.1 Å². The van der Waals surface area contributed by atoms with Crippen molar-refractivity contribution < 1.29 is 4.42 Å². The molecule has 270 valence electrons. The van der Waals surface area contributed by atoms with Gasteiger partial charge in [-0.05, 0) is 97.2 Å². The van der Waals surface area contributed by atoms with E-state index in [-0.39, 0.29) is 5.41 Å². The van der Waals surface area contributed by atoms with Gasteiger partial charge in [-0.15, -0.1) is 0 Å². The standard InChI is InChI=1S/C55H39NO/c1-55(2)48-26-14-24-43(38-18-8-4-9-19-38)51(48)45-33-32-42(35-49(45)55)56(41-30-28-37(29-31-41)36-16-6-3-7-17-36)50-27-15-25-46-52-44-23-13-12-22-40(44)34-47(54(52)57-53(46)50)39-20-10-5-11-21-39/h3-35H,1-2H3. The average Bonchev–Trinajstić information content (AvgIpc) is 3.78. The lowest BCUT2D eigenvalue weighted by atomic mass is 9.81. The first-order valence-electron chi connectivity index (χ1n) is 19.8. The summed E-state index contributed by atoms with van der Waals surface area (Å²) in [5, 5.41) is 4.62. The molecule has 0 radical (unpaired) electrons. The molecule has 1 heterocycles. The van der Waals surface area contributed by atoms with Crippen molar-refractivity contribution in [2.24, 2.45) is 0 Å². The Bertz CT molecular complexity index is 3120. The molecule has 1 aliphatic rings. The maximum Gasteiger partial charge on any atom is 0.159 e. The summed E-state index contributed by atoms with van der Waals surface area (Å²) in [5.74, 6) is 0. The summed E-state index contributed by atoms with van der Waals surface area (Å²) in [4.78, 5) is 2.39. The van der Waals surface area contributed by atoms with E-state index < -0.39 is 0 Å². The van der Waals surface area contributed by atoms with Gasteiger partial charge >= 0.3 is 0 Å². The van der Waals surface area contributed by atoms with Crippen molar-refractivity contribution in [2.45, 2.75) is 19.3 Å². The van der Waals surface area contributed by atoms with E-state index in [1.807, 2.05) is 0 Å². The van der Waals surface area contributed by atoms with Crippen LogP contribution in [0.25, 0.3) is 77.2 Å². The van der Waals surface area contributed by atoms with Crippen LogP contribution in [0.3, 0.4) is 0 Å². The van der Waals surface area contributed by atoms with Gasteiger partial charge in [0.05, 0.1) is 5.69 Å². The molecule has 0 fully saturated rings. The Morgan fingerprint density at radius 1 is 0.404 bits per heavy atom. The molecule has 0 bridgehead atoms. The highest BCUT2D eigenvalue weighted by molar-refractivity contribution is 6.24. The molecule has 10 aromatic rings. The van der Waals surface area contributed by atoms with E-state index in [2.05, 4.69) is 219 Å². The van der Waals surface area contributed by atoms with Gasteiger partial charge in [-0.25, -0.2) is 0 Å². The fraction of sp³-hybridized carbons (Fsp3) is 0.0545. The third-order valence-corrected chi connectivity index (χ3v) is 12.1. The molecular formula is C55H39NO. The van der Waals surface area contributed by atoms with Crippen molar-refractivity contribution in [3.05, 3.63) is 211 Å². The number of benzene rings is 9. The zero-order chi connectivity index (χ0) is 38.1. The third-order valence-electron chi connectivity index (χ3n) is 12.1. The van der Waals surface area contributed by atoms with Gasteiger partial charge in [0.2, 0.25) is 0 Å². The molecule has 57 heavy (non-hydrogen) atoms. The van der Waals surface area contributed by atoms with Crippen molar-refractivity contribution in [1.82, 2.24) is 0 Å². The van der Waals surface area contributed by atoms with E-state index in [0.717, 1.165) is 50.1 Å². The molecule has 0 saturated heterocycles. The second-order valence-corrected chi connectivity index (χ2v) is 15.7. The summed E-state index contributed by atoms with van der Waals surface area (Å²) in [6, 6.07) is 72.3. The van der Waals surface area contributed by atoms with Crippen LogP contribution in [0.2, 0.25) is 0 Å². The Labute approximate surface area is 332 Å². The number of furan rings is 1. The van der Waals surface area contributed by atoms with Crippen molar-refractivity contribution >= 4 is 49.8 Å². The fourth-order valence-corrected chi connectivity index (χ4v) is 9.28. The third kappa shape index (κ3) is 5.25. The van der Waals surface area contributed by atoms with E-state index in [9.17, 15) is 0 Å². The summed E-state index contributed by atoms with van der Waals surface area (Å²) in [7, 11) is 0. The van der Waals surface area contributed by atoms with Crippen LogP contribution in [0.15, 0.2) is 205 Å². The molecule has 0 spiro atoms. The molecule has 0 unspecified atom stereocenters. The zero-order valence-corrected chi connectivity index (χ0v) is 31.9. The Kier molecular flexibility index (Phi) is 7.55. The number of fused-ring (bicyclic) bond motifs is 8. The lowest BCUT2D eigenvalue weighted by molar-refractivity contribution is 0.660. The minimum Gasteiger partial charge on any atom is -0.453 e. The van der Waals surface area contributed by atoms with Crippen molar-refractivity contribution in [3.8, 4) is 44.5 Å². The second kappa shape index (κ2) is 13.0. The van der Waals surface area contributed by atoms with Crippen LogP contribution in [-0.4, -0.2) is 0 Å². The first kappa shape index (κ1) is 33.2. The van der Waals surface area contributed by atoms with Crippen LogP contribution in [-0.2, 0) is 5.41 Å². The highest BCUT2D eigenvalue weighted by Gasteiger charge is 2.37. The normalized spacial score (nSPS) is 12.9. The quantitative estimate of drug-likeness (QED) is 0.169. The molecule has 0 amide bonds.